The molecule has 27 heavy (non-hydrogen) atoms. The topological polar surface area (TPSA) is 46.4 Å². The zero-order valence-corrected chi connectivity index (χ0v) is 14.8. The Hall–Kier alpha value is -3.21. The van der Waals surface area contributed by atoms with E-state index < -0.39 is 11.6 Å². The lowest BCUT2D eigenvalue weighted by Crippen LogP contribution is -2.25. The lowest BCUT2D eigenvalue weighted by Gasteiger charge is -2.24. The number of fused-ring (bicyclic) bond motifs is 3. The van der Waals surface area contributed by atoms with E-state index in [4.69, 9.17) is 0 Å². The third-order valence-electron chi connectivity index (χ3n) is 5.40. The lowest BCUT2D eigenvalue weighted by atomic mass is 10.0. The molecule has 136 valence electrons. The fraction of sp³-hybridized carbons (Fsp3) is 0.182. The molecule has 0 saturated heterocycles. The predicted molar refractivity (Wildman–Crippen MR) is 108 cm³/mol. The number of nitrogens with zero attached hydrogens (tertiary/aromatic N) is 2. The maximum Gasteiger partial charge on any atom is 0.189 e. The molecule has 2 aromatic carbocycles. The van der Waals surface area contributed by atoms with Gasteiger partial charge in [-0.05, 0) is 37.6 Å². The average Bonchev–Trinajstić information content (AvgIpc) is 3.37. The van der Waals surface area contributed by atoms with Gasteiger partial charge in [-0.3, -0.25) is 9.36 Å². The molecule has 3 aromatic rings. The minimum Gasteiger partial charge on any atom is -0.341 e. The summed E-state index contributed by atoms with van der Waals surface area (Å²) in [6.45, 7) is 1.71. The number of nitrogens with one attached hydrogen (secondary N) is 1. The van der Waals surface area contributed by atoms with Crippen LogP contribution in [-0.4, -0.2) is 15.9 Å². The molecule has 0 spiro atoms. The molecule has 1 aliphatic heterocycles. The van der Waals surface area contributed by atoms with Gasteiger partial charge in [0.25, 0.3) is 0 Å². The number of pyridine rings is 1. The minimum absolute atomic E-state index is 0. The molecule has 1 fully saturated rings. The highest BCUT2D eigenvalue weighted by Crippen LogP contribution is 2.59. The number of aromatic nitrogens is 1. The van der Waals surface area contributed by atoms with Gasteiger partial charge in [-0.15, -0.1) is 0 Å². The number of halogens is 1. The maximum atomic E-state index is 14.9. The average molecular weight is 361 g/mol. The van der Waals surface area contributed by atoms with Gasteiger partial charge in [0.1, 0.15) is 11.6 Å². The first-order chi connectivity index (χ1) is 13.1. The van der Waals surface area contributed by atoms with Crippen LogP contribution in [0.1, 0.15) is 26.3 Å². The summed E-state index contributed by atoms with van der Waals surface area (Å²) >= 11 is 0. The van der Waals surface area contributed by atoms with Gasteiger partial charge >= 0.3 is 0 Å². The molecule has 1 aromatic heterocycles. The monoisotopic (exact) mass is 361 g/mol. The summed E-state index contributed by atoms with van der Waals surface area (Å²) in [5, 5.41) is 3.31. The van der Waals surface area contributed by atoms with Crippen LogP contribution in [0.2, 0.25) is 0 Å². The van der Waals surface area contributed by atoms with Crippen LogP contribution in [0.4, 0.5) is 21.7 Å². The van der Waals surface area contributed by atoms with E-state index in [0.717, 1.165) is 11.4 Å². The molecule has 0 amide bonds. The van der Waals surface area contributed by atoms with Gasteiger partial charge in [-0.2, -0.15) is 0 Å². The van der Waals surface area contributed by atoms with Gasteiger partial charge in [0.05, 0.1) is 5.71 Å². The highest BCUT2D eigenvalue weighted by atomic mass is 19.1. The van der Waals surface area contributed by atoms with Crippen molar-refractivity contribution in [3.8, 4) is 5.69 Å². The van der Waals surface area contributed by atoms with Crippen molar-refractivity contribution in [2.75, 3.05) is 5.32 Å². The first-order valence-corrected chi connectivity index (χ1v) is 9.00. The molecule has 5 heteroatoms. The molecule has 1 N–H and O–H groups in total. The molecule has 4 nitrogen and oxygen atoms in total. The summed E-state index contributed by atoms with van der Waals surface area (Å²) in [6, 6.07) is 20.9. The van der Waals surface area contributed by atoms with Crippen LogP contribution in [-0.2, 0) is 0 Å². The maximum absolute atomic E-state index is 14.9. The third kappa shape index (κ3) is 2.42. The van der Waals surface area contributed by atoms with Crippen LogP contribution >= 0.6 is 0 Å². The van der Waals surface area contributed by atoms with Gasteiger partial charge in [-0.1, -0.05) is 36.4 Å². The first kappa shape index (κ1) is 16.0. The molecule has 2 atom stereocenters. The second-order valence-electron chi connectivity index (χ2n) is 7.11. The summed E-state index contributed by atoms with van der Waals surface area (Å²) < 4.78 is 16.8. The fourth-order valence-electron chi connectivity index (χ4n) is 3.87. The van der Waals surface area contributed by atoms with E-state index in [1.165, 1.54) is 0 Å². The van der Waals surface area contributed by atoms with E-state index in [0.29, 0.717) is 29.3 Å². The number of aliphatic imine (C=N–C) groups is 1. The number of anilines is 2. The number of hydrogen-bond donors (Lipinski definition) is 1. The van der Waals surface area contributed by atoms with Crippen LogP contribution in [0.5, 0.6) is 0 Å². The Morgan fingerprint density at radius 2 is 1.81 bits per heavy atom. The van der Waals surface area contributed by atoms with Crippen molar-refractivity contribution in [2.24, 2.45) is 4.99 Å². The highest BCUT2D eigenvalue weighted by Gasteiger charge is 2.62. The molecule has 1 saturated carbocycles. The lowest BCUT2D eigenvalue weighted by molar-refractivity contribution is 0.390. The summed E-state index contributed by atoms with van der Waals surface area (Å²) in [4.78, 5) is 17.4. The number of benzene rings is 2. The molecule has 5 rings (SSSR count). The molecule has 2 unspecified atom stereocenters. The normalized spacial score (nSPS) is 22.4. The van der Waals surface area contributed by atoms with Crippen LogP contribution in [0.15, 0.2) is 76.5 Å². The minimum atomic E-state index is -1.45. The summed E-state index contributed by atoms with van der Waals surface area (Å²) in [6.07, 6.45) is 0.338. The van der Waals surface area contributed by atoms with Crippen LogP contribution in [0.25, 0.3) is 5.69 Å². The second kappa shape index (κ2) is 5.64. The molecule has 2 aliphatic rings. The van der Waals surface area contributed by atoms with Crippen molar-refractivity contribution in [1.29, 1.82) is 0 Å². The third-order valence-corrected chi connectivity index (χ3v) is 5.40. The Morgan fingerprint density at radius 1 is 1.15 bits per heavy atom. The molecule has 0 bridgehead atoms. The van der Waals surface area contributed by atoms with Crippen molar-refractivity contribution >= 4 is 23.0 Å². The van der Waals surface area contributed by atoms with Gasteiger partial charge in [0.2, 0.25) is 0 Å². The van der Waals surface area contributed by atoms with Crippen molar-refractivity contribution in [2.45, 2.75) is 24.9 Å². The Morgan fingerprint density at radius 3 is 2.52 bits per heavy atom. The number of para-hydroxylation sites is 2. The van der Waals surface area contributed by atoms with E-state index in [9.17, 15) is 9.18 Å². The van der Waals surface area contributed by atoms with Crippen LogP contribution < -0.4 is 10.7 Å². The van der Waals surface area contributed by atoms with Crippen molar-refractivity contribution in [3.05, 3.63) is 82.5 Å². The van der Waals surface area contributed by atoms with Crippen molar-refractivity contribution in [1.82, 2.24) is 4.57 Å². The largest absolute Gasteiger partial charge is 0.341 e. The van der Waals surface area contributed by atoms with Gasteiger partial charge < -0.3 is 5.32 Å². The van der Waals surface area contributed by atoms with Crippen LogP contribution in [0, 0.1) is 0 Å². The van der Waals surface area contributed by atoms with Gasteiger partial charge in [0, 0.05) is 30.3 Å². The Balaban J connectivity index is 0.00000192. The number of alkyl halides is 1. The smallest absolute Gasteiger partial charge is 0.189 e. The zero-order valence-electron chi connectivity index (χ0n) is 14.8. The predicted octanol–water partition coefficient (Wildman–Crippen LogP) is 5.13. The SMILES string of the molecule is CC1=Nc2c(c(=O)cc(Nc3ccccc3)n2-c2ccccc2)C2CC12F.[HH]. The second-order valence-corrected chi connectivity index (χ2v) is 7.11. The summed E-state index contributed by atoms with van der Waals surface area (Å²) in [7, 11) is 0. The molecule has 0 radical (unpaired) electrons. The molecule has 1 aliphatic carbocycles. The Bertz CT molecular complexity index is 1130. The van der Waals surface area contributed by atoms with E-state index in [1.54, 1.807) is 13.0 Å². The van der Waals surface area contributed by atoms with Crippen molar-refractivity contribution < 1.29 is 5.82 Å². The van der Waals surface area contributed by atoms with E-state index in [1.807, 2.05) is 65.2 Å². The van der Waals surface area contributed by atoms with Gasteiger partial charge in [-0.25, -0.2) is 9.38 Å². The van der Waals surface area contributed by atoms with E-state index in [-0.39, 0.29) is 6.86 Å². The summed E-state index contributed by atoms with van der Waals surface area (Å²) in [5.74, 6) is 0.748. The summed E-state index contributed by atoms with van der Waals surface area (Å²) in [5.41, 5.74) is 1.04. The van der Waals surface area contributed by atoms with Gasteiger partial charge in [0.15, 0.2) is 11.1 Å². The zero-order chi connectivity index (χ0) is 18.6. The van der Waals surface area contributed by atoms with E-state index >= 15 is 0 Å². The fourth-order valence-corrected chi connectivity index (χ4v) is 3.87. The number of rotatable bonds is 3. The first-order valence-electron chi connectivity index (χ1n) is 9.00. The molecular formula is C22H20FN3O. The molecule has 2 heterocycles. The highest BCUT2D eigenvalue weighted by molar-refractivity contribution is 5.99. The van der Waals surface area contributed by atoms with E-state index in [2.05, 4.69) is 10.3 Å². The molecular weight excluding hydrogens is 341 g/mol. The van der Waals surface area contributed by atoms with Crippen molar-refractivity contribution in [3.63, 3.8) is 0 Å². The standard InChI is InChI=1S/C22H18FN3O.H2/c1-14-22(23)13-17(22)20-18(27)12-19(25-15-8-4-2-5-9-15)26(21(20)24-14)16-10-6-3-7-11-16;/h2-12,17,25H,13H2,1H3;1H. The Labute approximate surface area is 157 Å². The Kier molecular flexibility index (Phi) is 3.34. The quantitative estimate of drug-likeness (QED) is 0.703. The number of hydrogen-bond acceptors (Lipinski definition) is 3. The van der Waals surface area contributed by atoms with Crippen LogP contribution in [0.3, 0.4) is 0 Å².